The van der Waals surface area contributed by atoms with Crippen molar-refractivity contribution in [3.05, 3.63) is 18.0 Å². The molecule has 1 rings (SSSR count). The number of hydrogen-bond acceptors (Lipinski definition) is 5. The zero-order chi connectivity index (χ0) is 10.4. The minimum atomic E-state index is -0.148. The summed E-state index contributed by atoms with van der Waals surface area (Å²) in [6.07, 6.45) is 2.31. The molecule has 6 heteroatoms. The summed E-state index contributed by atoms with van der Waals surface area (Å²) < 4.78 is 4.89. The highest BCUT2D eigenvalue weighted by Crippen LogP contribution is 1.98. The zero-order valence-electron chi connectivity index (χ0n) is 7.97. The van der Waals surface area contributed by atoms with Crippen LogP contribution in [0.2, 0.25) is 0 Å². The molecule has 1 atom stereocenters. The molecule has 0 spiro atoms. The topological polar surface area (TPSA) is 96.7 Å². The average Bonchev–Trinajstić information content (AvgIpc) is 2.71. The Morgan fingerprint density at radius 2 is 2.64 bits per heavy atom. The van der Waals surface area contributed by atoms with Gasteiger partial charge in [-0.3, -0.25) is 0 Å². The summed E-state index contributed by atoms with van der Waals surface area (Å²) >= 11 is 0. The molecule has 1 unspecified atom stereocenters. The summed E-state index contributed by atoms with van der Waals surface area (Å²) in [6.45, 7) is 2.45. The van der Waals surface area contributed by atoms with Crippen LogP contribution in [0.5, 0.6) is 0 Å². The Bertz CT molecular complexity index is 284. The van der Waals surface area contributed by atoms with Gasteiger partial charge < -0.3 is 20.8 Å². The molecule has 0 aliphatic carbocycles. The molecule has 0 amide bonds. The van der Waals surface area contributed by atoms with Gasteiger partial charge in [-0.05, 0) is 6.42 Å². The van der Waals surface area contributed by atoms with Crippen molar-refractivity contribution < 1.29 is 9.73 Å². The van der Waals surface area contributed by atoms with Crippen molar-refractivity contribution in [2.24, 2.45) is 10.9 Å². The lowest BCUT2D eigenvalue weighted by atomic mass is 10.2. The molecule has 0 saturated heterocycles. The molecule has 0 aromatic carbocycles. The van der Waals surface area contributed by atoms with E-state index in [2.05, 4.69) is 15.6 Å². The number of nitrogens with zero attached hydrogens (tertiary/aromatic N) is 2. The Hall–Kier alpha value is -1.56. The van der Waals surface area contributed by atoms with Gasteiger partial charge in [0.25, 0.3) is 0 Å². The van der Waals surface area contributed by atoms with Gasteiger partial charge >= 0.3 is 0 Å². The molecule has 0 radical (unpaired) electrons. The van der Waals surface area contributed by atoms with Crippen LogP contribution < -0.4 is 11.1 Å². The third kappa shape index (κ3) is 2.74. The number of amidine groups is 1. The van der Waals surface area contributed by atoms with Crippen LogP contribution in [-0.2, 0) is 6.54 Å². The highest BCUT2D eigenvalue weighted by Gasteiger charge is 2.11. The van der Waals surface area contributed by atoms with Gasteiger partial charge in [-0.2, -0.15) is 0 Å². The quantitative estimate of drug-likeness (QED) is 0.273. The smallest absolute Gasteiger partial charge is 0.156 e. The lowest BCUT2D eigenvalue weighted by molar-refractivity contribution is 0.313. The zero-order valence-corrected chi connectivity index (χ0v) is 7.97. The van der Waals surface area contributed by atoms with Crippen LogP contribution in [0.4, 0.5) is 0 Å². The van der Waals surface area contributed by atoms with Crippen LogP contribution in [0.15, 0.2) is 21.9 Å². The lowest BCUT2D eigenvalue weighted by Crippen LogP contribution is -2.40. The largest absolute Gasteiger partial charge is 0.409 e. The van der Waals surface area contributed by atoms with Gasteiger partial charge in [0.05, 0.1) is 18.8 Å². The lowest BCUT2D eigenvalue weighted by Gasteiger charge is -2.13. The first-order valence-electron chi connectivity index (χ1n) is 4.38. The summed E-state index contributed by atoms with van der Waals surface area (Å²) in [7, 11) is 0. The average molecular weight is 198 g/mol. The van der Waals surface area contributed by atoms with Crippen molar-refractivity contribution in [1.29, 1.82) is 0 Å². The van der Waals surface area contributed by atoms with Crippen LogP contribution >= 0.6 is 0 Å². The normalized spacial score (nSPS) is 14.2. The molecule has 78 valence electrons. The van der Waals surface area contributed by atoms with Crippen LogP contribution in [0.25, 0.3) is 0 Å². The third-order valence-corrected chi connectivity index (χ3v) is 1.89. The second-order valence-electron chi connectivity index (χ2n) is 2.85. The van der Waals surface area contributed by atoms with Crippen molar-refractivity contribution in [3.63, 3.8) is 0 Å². The van der Waals surface area contributed by atoms with E-state index in [1.165, 1.54) is 0 Å². The highest BCUT2D eigenvalue weighted by atomic mass is 16.5. The maximum atomic E-state index is 8.48. The molecule has 0 saturated carbocycles. The first-order chi connectivity index (χ1) is 6.77. The molecular weight excluding hydrogens is 184 g/mol. The van der Waals surface area contributed by atoms with E-state index >= 15 is 0 Å². The molecular formula is C8H14N4O2. The van der Waals surface area contributed by atoms with E-state index in [0.717, 1.165) is 6.42 Å². The predicted octanol–water partition coefficient (Wildman–Crippen LogP) is 0.289. The first kappa shape index (κ1) is 10.5. The summed E-state index contributed by atoms with van der Waals surface area (Å²) in [6, 6.07) is 1.61. The molecule has 1 heterocycles. The Kier molecular flexibility index (Phi) is 3.93. The minimum Gasteiger partial charge on any atom is -0.409 e. The fourth-order valence-electron chi connectivity index (χ4n) is 1.08. The molecule has 14 heavy (non-hydrogen) atoms. The molecule has 0 aliphatic heterocycles. The van der Waals surface area contributed by atoms with Crippen molar-refractivity contribution in [2.75, 3.05) is 0 Å². The Morgan fingerprint density at radius 1 is 1.86 bits per heavy atom. The fourth-order valence-corrected chi connectivity index (χ4v) is 1.08. The van der Waals surface area contributed by atoms with Crippen LogP contribution in [-0.4, -0.2) is 22.2 Å². The number of oxime groups is 1. The van der Waals surface area contributed by atoms with Crippen molar-refractivity contribution >= 4 is 5.84 Å². The van der Waals surface area contributed by atoms with Gasteiger partial charge in [0.2, 0.25) is 0 Å². The van der Waals surface area contributed by atoms with E-state index in [9.17, 15) is 0 Å². The van der Waals surface area contributed by atoms with Gasteiger partial charge in [0.15, 0.2) is 5.84 Å². The molecule has 6 nitrogen and oxygen atoms in total. The summed E-state index contributed by atoms with van der Waals surface area (Å²) in [5, 5.41) is 18.1. The maximum Gasteiger partial charge on any atom is 0.156 e. The SMILES string of the molecule is CCC(NCc1ccno1)C(N)=NO. The minimum absolute atomic E-state index is 0.148. The van der Waals surface area contributed by atoms with Crippen molar-refractivity contribution in [3.8, 4) is 0 Å². The Morgan fingerprint density at radius 3 is 3.14 bits per heavy atom. The van der Waals surface area contributed by atoms with E-state index in [4.69, 9.17) is 15.5 Å². The van der Waals surface area contributed by atoms with E-state index in [1.54, 1.807) is 12.3 Å². The van der Waals surface area contributed by atoms with E-state index in [0.29, 0.717) is 12.3 Å². The van der Waals surface area contributed by atoms with Gasteiger partial charge in [0, 0.05) is 6.07 Å². The van der Waals surface area contributed by atoms with Gasteiger partial charge in [0.1, 0.15) is 5.76 Å². The number of nitrogens with one attached hydrogen (secondary N) is 1. The molecule has 1 aromatic rings. The molecule has 0 fully saturated rings. The van der Waals surface area contributed by atoms with Crippen LogP contribution in [0.3, 0.4) is 0 Å². The summed E-state index contributed by atoms with van der Waals surface area (Å²) in [4.78, 5) is 0. The van der Waals surface area contributed by atoms with Crippen LogP contribution in [0, 0.1) is 0 Å². The molecule has 0 bridgehead atoms. The Labute approximate surface area is 81.8 Å². The van der Waals surface area contributed by atoms with E-state index in [1.807, 2.05) is 6.92 Å². The van der Waals surface area contributed by atoms with Gasteiger partial charge in [-0.15, -0.1) is 0 Å². The third-order valence-electron chi connectivity index (χ3n) is 1.89. The molecule has 4 N–H and O–H groups in total. The van der Waals surface area contributed by atoms with Crippen molar-refractivity contribution in [1.82, 2.24) is 10.5 Å². The Balaban J connectivity index is 2.42. The summed E-state index contributed by atoms with van der Waals surface area (Å²) in [5.41, 5.74) is 5.46. The molecule has 0 aliphatic rings. The highest BCUT2D eigenvalue weighted by molar-refractivity contribution is 5.85. The maximum absolute atomic E-state index is 8.48. The van der Waals surface area contributed by atoms with Gasteiger partial charge in [-0.1, -0.05) is 17.2 Å². The van der Waals surface area contributed by atoms with E-state index in [-0.39, 0.29) is 11.9 Å². The van der Waals surface area contributed by atoms with E-state index < -0.39 is 0 Å². The number of hydrogen-bond donors (Lipinski definition) is 3. The second-order valence-corrected chi connectivity index (χ2v) is 2.85. The van der Waals surface area contributed by atoms with Gasteiger partial charge in [-0.25, -0.2) is 0 Å². The predicted molar refractivity (Wildman–Crippen MR) is 50.8 cm³/mol. The molecule has 1 aromatic heterocycles. The number of nitrogens with two attached hydrogens (primary N) is 1. The van der Waals surface area contributed by atoms with Crippen LogP contribution in [0.1, 0.15) is 19.1 Å². The monoisotopic (exact) mass is 198 g/mol. The van der Waals surface area contributed by atoms with Crippen molar-refractivity contribution in [2.45, 2.75) is 25.9 Å². The fraction of sp³-hybridized carbons (Fsp3) is 0.500. The first-order valence-corrected chi connectivity index (χ1v) is 4.38. The second kappa shape index (κ2) is 5.23. The summed E-state index contributed by atoms with van der Waals surface area (Å²) in [5.74, 6) is 0.890. The number of aromatic nitrogens is 1. The number of rotatable bonds is 5. The standard InChI is InChI=1S/C8H14N4O2/c1-2-7(8(9)12-13)10-5-6-3-4-11-14-6/h3-4,7,10,13H,2,5H2,1H3,(H2,9,12).